The first-order chi connectivity index (χ1) is 13.8. The molecule has 3 rings (SSSR count). The van der Waals surface area contributed by atoms with Gasteiger partial charge in [-0.1, -0.05) is 19.3 Å². The summed E-state index contributed by atoms with van der Waals surface area (Å²) in [7, 11) is 1.86. The molecule has 1 aliphatic carbocycles. The van der Waals surface area contributed by atoms with E-state index in [-0.39, 0.29) is 0 Å². The summed E-state index contributed by atoms with van der Waals surface area (Å²) in [6.45, 7) is 7.90. The first-order valence-corrected chi connectivity index (χ1v) is 11.7. The lowest BCUT2D eigenvalue weighted by Crippen LogP contribution is -2.46. The van der Waals surface area contributed by atoms with E-state index < -0.39 is 0 Å². The van der Waals surface area contributed by atoms with E-state index in [9.17, 15) is 0 Å². The first kappa shape index (κ1) is 21.8. The van der Waals surface area contributed by atoms with Gasteiger partial charge in [0.05, 0.1) is 13.2 Å². The van der Waals surface area contributed by atoms with Crippen molar-refractivity contribution in [3.8, 4) is 0 Å². The number of hydrogen-bond acceptors (Lipinski definition) is 4. The molecule has 1 saturated carbocycles. The molecule has 6 heteroatoms. The summed E-state index contributed by atoms with van der Waals surface area (Å²) in [5, 5.41) is 6.99. The van der Waals surface area contributed by atoms with Crippen molar-refractivity contribution in [2.24, 2.45) is 16.8 Å². The van der Waals surface area contributed by atoms with Crippen LogP contribution in [0.4, 0.5) is 0 Å². The average Bonchev–Trinajstić information content (AvgIpc) is 3.40. The standard InChI is InChI=1S/C22H42N4O2/c1-23-22(24-11-6-13-27-17-20-10-14-28-18-20)25-15-21-9-5-12-26(21)16-19-7-3-2-4-8-19/h19-21H,2-18H2,1H3,(H2,23,24,25). The molecular weight excluding hydrogens is 352 g/mol. The zero-order chi connectivity index (χ0) is 19.4. The number of nitrogens with one attached hydrogen (secondary N) is 2. The van der Waals surface area contributed by atoms with E-state index >= 15 is 0 Å². The molecule has 0 aromatic carbocycles. The number of ether oxygens (including phenoxy) is 2. The minimum atomic E-state index is 0.602. The predicted octanol–water partition coefficient (Wildman–Crippen LogP) is 2.64. The second kappa shape index (κ2) is 12.7. The van der Waals surface area contributed by atoms with Crippen LogP contribution in [0.15, 0.2) is 4.99 Å². The Kier molecular flexibility index (Phi) is 9.88. The van der Waals surface area contributed by atoms with Crippen molar-refractivity contribution < 1.29 is 9.47 Å². The lowest BCUT2D eigenvalue weighted by atomic mass is 9.89. The second-order valence-corrected chi connectivity index (χ2v) is 8.83. The minimum absolute atomic E-state index is 0.602. The smallest absolute Gasteiger partial charge is 0.191 e. The summed E-state index contributed by atoms with van der Waals surface area (Å²) in [4.78, 5) is 7.12. The van der Waals surface area contributed by atoms with Gasteiger partial charge in [-0.25, -0.2) is 0 Å². The zero-order valence-electron chi connectivity index (χ0n) is 18.0. The van der Waals surface area contributed by atoms with Crippen LogP contribution in [0.25, 0.3) is 0 Å². The number of hydrogen-bond donors (Lipinski definition) is 2. The van der Waals surface area contributed by atoms with E-state index in [4.69, 9.17) is 9.47 Å². The molecule has 2 atom stereocenters. The zero-order valence-corrected chi connectivity index (χ0v) is 18.0. The predicted molar refractivity (Wildman–Crippen MR) is 115 cm³/mol. The van der Waals surface area contributed by atoms with Crippen LogP contribution in [0.1, 0.15) is 57.8 Å². The highest BCUT2D eigenvalue weighted by Gasteiger charge is 2.27. The molecule has 0 aromatic rings. The van der Waals surface area contributed by atoms with Crippen LogP contribution in [0.5, 0.6) is 0 Å². The molecule has 2 N–H and O–H groups in total. The highest BCUT2D eigenvalue weighted by Crippen LogP contribution is 2.27. The van der Waals surface area contributed by atoms with Crippen molar-refractivity contribution in [1.29, 1.82) is 0 Å². The van der Waals surface area contributed by atoms with E-state index in [1.165, 1.54) is 58.0 Å². The summed E-state index contributed by atoms with van der Waals surface area (Å²) >= 11 is 0. The first-order valence-electron chi connectivity index (χ1n) is 11.7. The summed E-state index contributed by atoms with van der Waals surface area (Å²) < 4.78 is 11.2. The van der Waals surface area contributed by atoms with Crippen molar-refractivity contribution >= 4 is 5.96 Å². The van der Waals surface area contributed by atoms with Crippen LogP contribution in [0.3, 0.4) is 0 Å². The highest BCUT2D eigenvalue weighted by atomic mass is 16.5. The SMILES string of the molecule is CN=C(NCCCOCC1CCOC1)NCC1CCCN1CC1CCCCC1. The molecule has 0 amide bonds. The van der Waals surface area contributed by atoms with Gasteiger partial charge in [0.1, 0.15) is 0 Å². The Morgan fingerprint density at radius 3 is 2.75 bits per heavy atom. The fourth-order valence-electron chi connectivity index (χ4n) is 4.85. The van der Waals surface area contributed by atoms with E-state index in [1.54, 1.807) is 0 Å². The largest absolute Gasteiger partial charge is 0.381 e. The molecule has 0 aromatic heterocycles. The van der Waals surface area contributed by atoms with Crippen LogP contribution >= 0.6 is 0 Å². The molecule has 2 saturated heterocycles. The van der Waals surface area contributed by atoms with Gasteiger partial charge in [-0.2, -0.15) is 0 Å². The van der Waals surface area contributed by atoms with Crippen LogP contribution in [0.2, 0.25) is 0 Å². The molecule has 6 nitrogen and oxygen atoms in total. The van der Waals surface area contributed by atoms with E-state index in [0.29, 0.717) is 12.0 Å². The summed E-state index contributed by atoms with van der Waals surface area (Å²) in [5.41, 5.74) is 0. The maximum Gasteiger partial charge on any atom is 0.191 e. The molecule has 3 aliphatic rings. The number of guanidine groups is 1. The van der Waals surface area contributed by atoms with Crippen molar-refractivity contribution in [3.63, 3.8) is 0 Å². The van der Waals surface area contributed by atoms with Gasteiger partial charge in [-0.3, -0.25) is 9.89 Å². The van der Waals surface area contributed by atoms with Gasteiger partial charge in [-0.15, -0.1) is 0 Å². The Morgan fingerprint density at radius 2 is 1.96 bits per heavy atom. The third kappa shape index (κ3) is 7.53. The molecule has 0 radical (unpaired) electrons. The van der Waals surface area contributed by atoms with Gasteiger partial charge in [0.15, 0.2) is 5.96 Å². The van der Waals surface area contributed by atoms with Gasteiger partial charge >= 0.3 is 0 Å². The molecule has 28 heavy (non-hydrogen) atoms. The molecular formula is C22H42N4O2. The van der Waals surface area contributed by atoms with Crippen LogP contribution in [0, 0.1) is 11.8 Å². The lowest BCUT2D eigenvalue weighted by molar-refractivity contribution is 0.0888. The topological polar surface area (TPSA) is 58.1 Å². The molecule has 2 heterocycles. The maximum atomic E-state index is 5.77. The van der Waals surface area contributed by atoms with Gasteiger partial charge in [-0.05, 0) is 51.0 Å². The lowest BCUT2D eigenvalue weighted by Gasteiger charge is -2.31. The number of likely N-dealkylation sites (tertiary alicyclic amines) is 1. The van der Waals surface area contributed by atoms with Crippen LogP contribution < -0.4 is 10.6 Å². The molecule has 0 bridgehead atoms. The van der Waals surface area contributed by atoms with Gasteiger partial charge in [0.2, 0.25) is 0 Å². The average molecular weight is 395 g/mol. The van der Waals surface area contributed by atoms with E-state index in [1.807, 2.05) is 7.05 Å². The van der Waals surface area contributed by atoms with Crippen molar-refractivity contribution in [3.05, 3.63) is 0 Å². The van der Waals surface area contributed by atoms with Crippen molar-refractivity contribution in [2.75, 3.05) is 59.7 Å². The Labute approximate surface area is 171 Å². The maximum absolute atomic E-state index is 5.77. The van der Waals surface area contributed by atoms with Crippen molar-refractivity contribution in [2.45, 2.75) is 63.8 Å². The number of rotatable bonds is 10. The Morgan fingerprint density at radius 1 is 1.07 bits per heavy atom. The fraction of sp³-hybridized carbons (Fsp3) is 0.955. The third-order valence-electron chi connectivity index (χ3n) is 6.58. The molecule has 2 unspecified atom stereocenters. The second-order valence-electron chi connectivity index (χ2n) is 8.83. The van der Waals surface area contributed by atoms with Gasteiger partial charge in [0.25, 0.3) is 0 Å². The normalized spacial score (nSPS) is 27.4. The van der Waals surface area contributed by atoms with E-state index in [2.05, 4.69) is 20.5 Å². The van der Waals surface area contributed by atoms with Gasteiger partial charge in [0, 0.05) is 51.9 Å². The molecule has 162 valence electrons. The third-order valence-corrected chi connectivity index (χ3v) is 6.58. The Bertz CT molecular complexity index is 448. The van der Waals surface area contributed by atoms with Crippen molar-refractivity contribution in [1.82, 2.24) is 15.5 Å². The minimum Gasteiger partial charge on any atom is -0.381 e. The molecule has 3 fully saturated rings. The Hall–Kier alpha value is -0.850. The number of aliphatic imine (C=N–C) groups is 1. The summed E-state index contributed by atoms with van der Waals surface area (Å²) in [6, 6.07) is 0.664. The Balaban J connectivity index is 1.25. The van der Waals surface area contributed by atoms with E-state index in [0.717, 1.165) is 64.2 Å². The molecule has 0 spiro atoms. The number of nitrogens with zero attached hydrogens (tertiary/aromatic N) is 2. The monoisotopic (exact) mass is 394 g/mol. The summed E-state index contributed by atoms with van der Waals surface area (Å²) in [5.74, 6) is 2.46. The molecule has 2 aliphatic heterocycles. The van der Waals surface area contributed by atoms with Crippen LogP contribution in [-0.4, -0.2) is 76.6 Å². The highest BCUT2D eigenvalue weighted by molar-refractivity contribution is 5.79. The summed E-state index contributed by atoms with van der Waals surface area (Å²) in [6.07, 6.45) is 12.0. The van der Waals surface area contributed by atoms with Gasteiger partial charge < -0.3 is 20.1 Å². The van der Waals surface area contributed by atoms with Crippen LogP contribution in [-0.2, 0) is 9.47 Å². The quantitative estimate of drug-likeness (QED) is 0.339. The fourth-order valence-corrected chi connectivity index (χ4v) is 4.85.